The van der Waals surface area contributed by atoms with Gasteiger partial charge in [-0.1, -0.05) is 6.07 Å². The van der Waals surface area contributed by atoms with Crippen molar-refractivity contribution in [1.82, 2.24) is 10.4 Å². The summed E-state index contributed by atoms with van der Waals surface area (Å²) in [5.41, 5.74) is 8.26. The molecular weight excluding hydrogens is 254 g/mol. The minimum atomic E-state index is 0.167. The molecule has 0 bridgehead atoms. The summed E-state index contributed by atoms with van der Waals surface area (Å²) in [6, 6.07) is 4.39. The van der Waals surface area contributed by atoms with Crippen LogP contribution in [-0.4, -0.2) is 4.98 Å². The van der Waals surface area contributed by atoms with Crippen LogP contribution in [-0.2, 0) is 6.42 Å². The Hall–Kier alpha value is -1.23. The van der Waals surface area contributed by atoms with Gasteiger partial charge in [-0.2, -0.15) is 11.3 Å². The van der Waals surface area contributed by atoms with Gasteiger partial charge < -0.3 is 0 Å². The van der Waals surface area contributed by atoms with E-state index in [0.717, 1.165) is 12.8 Å². The smallest absolute Gasteiger partial charge is 0.0554 e. The molecule has 3 N–H and O–H groups in total. The van der Waals surface area contributed by atoms with E-state index in [0.29, 0.717) is 5.92 Å². The first-order valence-electron chi connectivity index (χ1n) is 6.74. The Balaban J connectivity index is 2.00. The molecule has 0 amide bonds. The molecule has 0 saturated heterocycles. The lowest BCUT2D eigenvalue weighted by Gasteiger charge is -2.31. The molecule has 2 heterocycles. The van der Waals surface area contributed by atoms with Crippen molar-refractivity contribution in [1.29, 1.82) is 0 Å². The summed E-state index contributed by atoms with van der Waals surface area (Å²) in [7, 11) is 0. The molecule has 0 aromatic carbocycles. The molecule has 100 valence electrons. The maximum absolute atomic E-state index is 5.85. The molecule has 2 atom stereocenters. The number of nitrogens with two attached hydrogens (primary N) is 1. The number of fused-ring (bicyclic) bond motifs is 1. The van der Waals surface area contributed by atoms with Gasteiger partial charge in [0.25, 0.3) is 0 Å². The lowest BCUT2D eigenvalue weighted by molar-refractivity contribution is 0.399. The highest BCUT2D eigenvalue weighted by atomic mass is 32.1. The van der Waals surface area contributed by atoms with Gasteiger partial charge in [-0.25, -0.2) is 0 Å². The summed E-state index contributed by atoms with van der Waals surface area (Å²) < 4.78 is 0. The number of pyridine rings is 1. The lowest BCUT2D eigenvalue weighted by Crippen LogP contribution is -2.34. The predicted molar refractivity (Wildman–Crippen MR) is 79.0 cm³/mol. The predicted octanol–water partition coefficient (Wildman–Crippen LogP) is 3.08. The third-order valence-electron chi connectivity index (χ3n) is 4.05. The van der Waals surface area contributed by atoms with Crippen molar-refractivity contribution in [2.24, 2.45) is 5.84 Å². The Bertz CT molecular complexity index is 564. The number of thiophene rings is 1. The number of nitrogens with zero attached hydrogens (tertiary/aromatic N) is 1. The molecule has 1 aliphatic carbocycles. The van der Waals surface area contributed by atoms with Crippen LogP contribution >= 0.6 is 11.3 Å². The number of rotatable bonds is 3. The van der Waals surface area contributed by atoms with Crippen LogP contribution < -0.4 is 11.3 Å². The summed E-state index contributed by atoms with van der Waals surface area (Å²) in [6.07, 6.45) is 5.39. The minimum Gasteiger partial charge on any atom is -0.271 e. The van der Waals surface area contributed by atoms with Crippen molar-refractivity contribution < 1.29 is 0 Å². The van der Waals surface area contributed by atoms with Crippen LogP contribution in [0.4, 0.5) is 0 Å². The second-order valence-corrected chi connectivity index (χ2v) is 5.94. The molecule has 0 radical (unpaired) electrons. The summed E-state index contributed by atoms with van der Waals surface area (Å²) in [5.74, 6) is 6.23. The molecule has 19 heavy (non-hydrogen) atoms. The highest BCUT2D eigenvalue weighted by Crippen LogP contribution is 2.40. The number of nitrogens with one attached hydrogen (secondary N) is 1. The van der Waals surface area contributed by atoms with Gasteiger partial charge in [0, 0.05) is 17.8 Å². The van der Waals surface area contributed by atoms with Crippen molar-refractivity contribution in [3.05, 3.63) is 51.5 Å². The first kappa shape index (κ1) is 12.8. The first-order valence-corrected chi connectivity index (χ1v) is 7.68. The van der Waals surface area contributed by atoms with Gasteiger partial charge in [-0.15, -0.1) is 0 Å². The van der Waals surface area contributed by atoms with E-state index >= 15 is 0 Å². The van der Waals surface area contributed by atoms with E-state index in [-0.39, 0.29) is 6.04 Å². The molecule has 2 aromatic heterocycles. The van der Waals surface area contributed by atoms with Crippen molar-refractivity contribution in [2.45, 2.75) is 38.1 Å². The monoisotopic (exact) mass is 273 g/mol. The van der Waals surface area contributed by atoms with Crippen LogP contribution in [0.3, 0.4) is 0 Å². The summed E-state index contributed by atoms with van der Waals surface area (Å²) in [5, 5.41) is 4.39. The van der Waals surface area contributed by atoms with Crippen molar-refractivity contribution in [3.8, 4) is 0 Å². The number of aryl methyl sites for hydroxylation is 2. The fourth-order valence-electron chi connectivity index (χ4n) is 3.08. The molecule has 3 nitrogen and oxygen atoms in total. The van der Waals surface area contributed by atoms with Crippen molar-refractivity contribution in [3.63, 3.8) is 0 Å². The second kappa shape index (κ2) is 5.41. The molecule has 0 saturated carbocycles. The fraction of sp³-hybridized carbons (Fsp3) is 0.400. The molecule has 2 aromatic rings. The Morgan fingerprint density at radius 2 is 2.37 bits per heavy atom. The Kier molecular flexibility index (Phi) is 3.64. The van der Waals surface area contributed by atoms with E-state index in [4.69, 9.17) is 5.84 Å². The largest absolute Gasteiger partial charge is 0.271 e. The maximum atomic E-state index is 5.85. The van der Waals surface area contributed by atoms with Crippen LogP contribution in [0, 0.1) is 6.92 Å². The fourth-order valence-corrected chi connectivity index (χ4v) is 3.97. The highest BCUT2D eigenvalue weighted by Gasteiger charge is 2.30. The zero-order chi connectivity index (χ0) is 13.2. The molecule has 1 aliphatic rings. The van der Waals surface area contributed by atoms with Gasteiger partial charge in [0.2, 0.25) is 0 Å². The Morgan fingerprint density at radius 1 is 1.47 bits per heavy atom. The normalized spacial score (nSPS) is 20.0. The first-order chi connectivity index (χ1) is 9.31. The molecular formula is C15H19N3S. The molecule has 0 fully saturated rings. The lowest BCUT2D eigenvalue weighted by atomic mass is 9.80. The minimum absolute atomic E-state index is 0.167. The standard InChI is InChI=1S/C15H19N3S/c1-10-8-19-9-13(10)15(18-16)12-6-2-4-11-5-3-7-17-14(11)12/h3,5,7-9,12,15,18H,2,4,6,16H2,1H3. The van der Waals surface area contributed by atoms with E-state index in [2.05, 4.69) is 34.2 Å². The average molecular weight is 273 g/mol. The molecule has 2 unspecified atom stereocenters. The number of hydrogen-bond acceptors (Lipinski definition) is 4. The maximum Gasteiger partial charge on any atom is 0.0554 e. The third-order valence-corrected chi connectivity index (χ3v) is 4.93. The van der Waals surface area contributed by atoms with E-state index in [1.165, 1.54) is 28.8 Å². The quantitative estimate of drug-likeness (QED) is 0.667. The number of hydrazine groups is 1. The van der Waals surface area contributed by atoms with Crippen LogP contribution in [0.15, 0.2) is 29.1 Å². The van der Waals surface area contributed by atoms with Crippen LogP contribution in [0.2, 0.25) is 0 Å². The average Bonchev–Trinajstić information content (AvgIpc) is 2.86. The second-order valence-electron chi connectivity index (χ2n) is 5.20. The Labute approximate surface area is 117 Å². The van der Waals surface area contributed by atoms with E-state index < -0.39 is 0 Å². The zero-order valence-corrected chi connectivity index (χ0v) is 11.9. The van der Waals surface area contributed by atoms with Gasteiger partial charge in [0.05, 0.1) is 6.04 Å². The van der Waals surface area contributed by atoms with Gasteiger partial charge in [-0.05, 0) is 59.7 Å². The number of hydrogen-bond donors (Lipinski definition) is 2. The van der Waals surface area contributed by atoms with E-state index in [1.54, 1.807) is 11.3 Å². The van der Waals surface area contributed by atoms with E-state index in [9.17, 15) is 0 Å². The molecule has 0 spiro atoms. The Morgan fingerprint density at radius 3 is 3.11 bits per heavy atom. The van der Waals surface area contributed by atoms with Gasteiger partial charge in [0.15, 0.2) is 0 Å². The van der Waals surface area contributed by atoms with Gasteiger partial charge >= 0.3 is 0 Å². The number of aromatic nitrogens is 1. The summed E-state index contributed by atoms with van der Waals surface area (Å²) in [6.45, 7) is 2.15. The molecule has 3 rings (SSSR count). The van der Waals surface area contributed by atoms with Crippen LogP contribution in [0.25, 0.3) is 0 Å². The van der Waals surface area contributed by atoms with Gasteiger partial charge in [0.1, 0.15) is 0 Å². The zero-order valence-electron chi connectivity index (χ0n) is 11.1. The SMILES string of the molecule is Cc1cscc1C(NN)C1CCCc2cccnc21. The highest BCUT2D eigenvalue weighted by molar-refractivity contribution is 7.08. The molecule has 4 heteroatoms. The van der Waals surface area contributed by atoms with E-state index in [1.807, 2.05) is 12.3 Å². The van der Waals surface area contributed by atoms with Crippen molar-refractivity contribution >= 4 is 11.3 Å². The third kappa shape index (κ3) is 2.31. The topological polar surface area (TPSA) is 50.9 Å². The van der Waals surface area contributed by atoms with Crippen LogP contribution in [0.5, 0.6) is 0 Å². The van der Waals surface area contributed by atoms with Gasteiger partial charge in [-0.3, -0.25) is 16.3 Å². The summed E-state index contributed by atoms with van der Waals surface area (Å²) >= 11 is 1.74. The van der Waals surface area contributed by atoms with Crippen LogP contribution in [0.1, 0.15) is 47.2 Å². The summed E-state index contributed by atoms with van der Waals surface area (Å²) in [4.78, 5) is 4.62. The molecule has 0 aliphatic heterocycles. The van der Waals surface area contributed by atoms with Crippen molar-refractivity contribution in [2.75, 3.05) is 0 Å².